The van der Waals surface area contributed by atoms with Crippen LogP contribution in [-0.4, -0.2) is 59.6 Å². The largest absolute Gasteiger partial charge is 0.481 e. The minimum atomic E-state index is -0.229. The SMILES string of the molecule is CC[C@H](C)c1nc2ccc(Br)cc2c(=O)n1N=Cc1cc(Br)c(OCC(=O)N2CCOCC2)c(Br)c1. The Balaban J connectivity index is 1.60. The van der Waals surface area contributed by atoms with Crippen molar-refractivity contribution in [2.75, 3.05) is 32.9 Å². The van der Waals surface area contributed by atoms with Gasteiger partial charge in [-0.3, -0.25) is 9.59 Å². The van der Waals surface area contributed by atoms with Gasteiger partial charge < -0.3 is 14.4 Å². The third-order valence-corrected chi connectivity index (χ3v) is 7.60. The van der Waals surface area contributed by atoms with Crippen molar-refractivity contribution >= 4 is 70.8 Å². The molecule has 0 aliphatic carbocycles. The summed E-state index contributed by atoms with van der Waals surface area (Å²) in [6.45, 7) is 6.22. The number of aromatic nitrogens is 2. The molecule has 8 nitrogen and oxygen atoms in total. The molecular formula is C25H25Br3N4O4. The molecule has 1 atom stereocenters. The van der Waals surface area contributed by atoms with Crippen molar-refractivity contribution in [2.45, 2.75) is 26.2 Å². The number of morpholine rings is 1. The molecule has 1 amide bonds. The van der Waals surface area contributed by atoms with E-state index >= 15 is 0 Å². The number of benzene rings is 2. The molecule has 190 valence electrons. The molecule has 4 rings (SSSR count). The van der Waals surface area contributed by atoms with Crippen LogP contribution in [0, 0.1) is 0 Å². The Hall–Kier alpha value is -2.08. The van der Waals surface area contributed by atoms with E-state index in [1.807, 2.05) is 38.1 Å². The third kappa shape index (κ3) is 6.07. The highest BCUT2D eigenvalue weighted by molar-refractivity contribution is 9.11. The number of rotatable bonds is 7. The first-order valence-corrected chi connectivity index (χ1v) is 13.9. The standard InChI is InChI=1S/C25H25Br3N4O4/c1-3-15(2)24-30-21-5-4-17(26)12-18(21)25(34)32(24)29-13-16-10-19(27)23(20(28)11-16)36-14-22(33)31-6-8-35-9-7-31/h4-5,10-13,15H,3,6-9,14H2,1-2H3/t15-/m0/s1. The molecule has 0 bridgehead atoms. The average molecular weight is 685 g/mol. The lowest BCUT2D eigenvalue weighted by molar-refractivity contribution is -0.137. The molecule has 0 radical (unpaired) electrons. The van der Waals surface area contributed by atoms with Crippen LogP contribution < -0.4 is 10.3 Å². The molecule has 0 saturated carbocycles. The Morgan fingerprint density at radius 3 is 2.56 bits per heavy atom. The van der Waals surface area contributed by atoms with Gasteiger partial charge in [-0.1, -0.05) is 29.8 Å². The van der Waals surface area contributed by atoms with Gasteiger partial charge in [-0.25, -0.2) is 4.98 Å². The lowest BCUT2D eigenvalue weighted by Crippen LogP contribution is -2.43. The van der Waals surface area contributed by atoms with Gasteiger partial charge in [0.05, 0.1) is 39.3 Å². The van der Waals surface area contributed by atoms with E-state index in [1.54, 1.807) is 17.2 Å². The number of amides is 1. The van der Waals surface area contributed by atoms with E-state index in [4.69, 9.17) is 14.5 Å². The van der Waals surface area contributed by atoms with Crippen LogP contribution in [-0.2, 0) is 9.53 Å². The molecule has 1 saturated heterocycles. The fourth-order valence-corrected chi connectivity index (χ4v) is 5.55. The Kier molecular flexibility index (Phi) is 8.97. The Labute approximate surface area is 234 Å². The minimum absolute atomic E-state index is 0.0427. The van der Waals surface area contributed by atoms with E-state index in [2.05, 4.69) is 52.9 Å². The van der Waals surface area contributed by atoms with Gasteiger partial charge in [0.1, 0.15) is 11.6 Å². The van der Waals surface area contributed by atoms with Crippen molar-refractivity contribution < 1.29 is 14.3 Å². The highest BCUT2D eigenvalue weighted by Gasteiger charge is 2.19. The van der Waals surface area contributed by atoms with Crippen molar-refractivity contribution in [2.24, 2.45) is 5.10 Å². The summed E-state index contributed by atoms with van der Waals surface area (Å²) >= 11 is 10.5. The van der Waals surface area contributed by atoms with E-state index in [1.165, 1.54) is 4.68 Å². The van der Waals surface area contributed by atoms with Gasteiger partial charge in [0.25, 0.3) is 11.5 Å². The predicted molar refractivity (Wildman–Crippen MR) is 150 cm³/mol. The van der Waals surface area contributed by atoms with Crippen LogP contribution in [0.2, 0.25) is 0 Å². The van der Waals surface area contributed by atoms with Crippen LogP contribution in [0.3, 0.4) is 0 Å². The molecule has 1 aliphatic heterocycles. The zero-order valence-corrected chi connectivity index (χ0v) is 24.6. The van der Waals surface area contributed by atoms with Gasteiger partial charge in [0.15, 0.2) is 6.61 Å². The topological polar surface area (TPSA) is 86.0 Å². The number of fused-ring (bicyclic) bond motifs is 1. The second-order valence-electron chi connectivity index (χ2n) is 8.40. The zero-order chi connectivity index (χ0) is 25.8. The molecule has 1 fully saturated rings. The van der Waals surface area contributed by atoms with E-state index < -0.39 is 0 Å². The molecule has 1 aliphatic rings. The van der Waals surface area contributed by atoms with Crippen molar-refractivity contribution in [1.29, 1.82) is 0 Å². The normalized spacial score (nSPS) is 15.0. The van der Waals surface area contributed by atoms with Crippen LogP contribution in [0.25, 0.3) is 10.9 Å². The quantitative estimate of drug-likeness (QED) is 0.315. The van der Waals surface area contributed by atoms with Gasteiger partial charge in [-0.2, -0.15) is 9.78 Å². The summed E-state index contributed by atoms with van der Waals surface area (Å²) in [5, 5.41) is 5.01. The molecule has 2 aromatic carbocycles. The van der Waals surface area contributed by atoms with Crippen LogP contribution in [0.5, 0.6) is 5.75 Å². The molecular weight excluding hydrogens is 660 g/mol. The van der Waals surface area contributed by atoms with E-state index in [9.17, 15) is 9.59 Å². The van der Waals surface area contributed by atoms with Crippen LogP contribution in [0.4, 0.5) is 0 Å². The minimum Gasteiger partial charge on any atom is -0.481 e. The molecule has 3 aromatic rings. The van der Waals surface area contributed by atoms with Gasteiger partial charge in [-0.05, 0) is 74.2 Å². The van der Waals surface area contributed by atoms with E-state index in [-0.39, 0.29) is 24.0 Å². The summed E-state index contributed by atoms with van der Waals surface area (Å²) in [6, 6.07) is 9.10. The molecule has 0 unspecified atom stereocenters. The monoisotopic (exact) mass is 682 g/mol. The average Bonchev–Trinajstić information content (AvgIpc) is 2.87. The number of ether oxygens (including phenoxy) is 2. The maximum atomic E-state index is 13.3. The number of carbonyl (C=O) groups is 1. The smallest absolute Gasteiger partial charge is 0.282 e. The Bertz CT molecular complexity index is 1350. The molecule has 0 spiro atoms. The first-order chi connectivity index (χ1) is 17.3. The second-order valence-corrected chi connectivity index (χ2v) is 11.0. The fourth-order valence-electron chi connectivity index (χ4n) is 3.73. The van der Waals surface area contributed by atoms with Gasteiger partial charge >= 0.3 is 0 Å². The maximum absolute atomic E-state index is 13.3. The Morgan fingerprint density at radius 2 is 1.89 bits per heavy atom. The third-order valence-electron chi connectivity index (χ3n) is 5.93. The second kappa shape index (κ2) is 12.0. The van der Waals surface area contributed by atoms with Gasteiger partial charge in [0, 0.05) is 23.5 Å². The van der Waals surface area contributed by atoms with Crippen molar-refractivity contribution in [3.8, 4) is 5.75 Å². The predicted octanol–water partition coefficient (Wildman–Crippen LogP) is 5.32. The number of hydrogen-bond acceptors (Lipinski definition) is 6. The van der Waals surface area contributed by atoms with Crippen LogP contribution in [0.15, 0.2) is 53.6 Å². The summed E-state index contributed by atoms with van der Waals surface area (Å²) in [5.41, 5.74) is 1.15. The summed E-state index contributed by atoms with van der Waals surface area (Å²) in [6.07, 6.45) is 2.42. The van der Waals surface area contributed by atoms with E-state index in [0.717, 1.165) is 16.5 Å². The van der Waals surface area contributed by atoms with Gasteiger partial charge in [-0.15, -0.1) is 0 Å². The summed E-state index contributed by atoms with van der Waals surface area (Å²) in [4.78, 5) is 32.2. The number of hydrogen-bond donors (Lipinski definition) is 0. The number of halogens is 3. The van der Waals surface area contributed by atoms with Crippen molar-refractivity contribution in [3.63, 3.8) is 0 Å². The lowest BCUT2D eigenvalue weighted by atomic mass is 10.1. The molecule has 36 heavy (non-hydrogen) atoms. The molecule has 2 heterocycles. The first kappa shape index (κ1) is 27.0. The molecule has 0 N–H and O–H groups in total. The highest BCUT2D eigenvalue weighted by Crippen LogP contribution is 2.34. The number of carbonyl (C=O) groups excluding carboxylic acids is 1. The Morgan fingerprint density at radius 1 is 1.19 bits per heavy atom. The first-order valence-electron chi connectivity index (χ1n) is 11.5. The van der Waals surface area contributed by atoms with Crippen molar-refractivity contribution in [1.82, 2.24) is 14.6 Å². The van der Waals surface area contributed by atoms with Crippen LogP contribution in [0.1, 0.15) is 37.6 Å². The molecule has 1 aromatic heterocycles. The highest BCUT2D eigenvalue weighted by atomic mass is 79.9. The van der Waals surface area contributed by atoms with E-state index in [0.29, 0.717) is 57.7 Å². The van der Waals surface area contributed by atoms with Crippen molar-refractivity contribution in [3.05, 3.63) is 65.5 Å². The maximum Gasteiger partial charge on any atom is 0.282 e. The fraction of sp³-hybridized carbons (Fsp3) is 0.360. The van der Waals surface area contributed by atoms with Crippen LogP contribution >= 0.6 is 47.8 Å². The van der Waals surface area contributed by atoms with Gasteiger partial charge in [0.2, 0.25) is 0 Å². The summed E-state index contributed by atoms with van der Waals surface area (Å²) in [5.74, 6) is 1.08. The molecule has 11 heteroatoms. The summed E-state index contributed by atoms with van der Waals surface area (Å²) < 4.78 is 14.6. The number of nitrogens with zero attached hydrogens (tertiary/aromatic N) is 4. The zero-order valence-electron chi connectivity index (χ0n) is 19.8. The summed E-state index contributed by atoms with van der Waals surface area (Å²) in [7, 11) is 0. The lowest BCUT2D eigenvalue weighted by Gasteiger charge is -2.26.